The number of hydrogen-bond donors (Lipinski definition) is 3. The summed E-state index contributed by atoms with van der Waals surface area (Å²) in [6, 6.07) is 0.419. The minimum atomic E-state index is -4.32. The van der Waals surface area contributed by atoms with Crippen molar-refractivity contribution < 1.29 is 27.6 Å². The number of fused-ring (bicyclic) bond motifs is 1. The number of carbonyl (C=O) groups excluding carboxylic acids is 3. The van der Waals surface area contributed by atoms with Crippen LogP contribution >= 0.6 is 11.6 Å². The standard InChI is InChI=1S/C37H58ClF3N4O3/c1-21-8-11-29(18-31(21)32-17-26-20-42-34(38)19-33(26)45(36(32)48)30-6-4-3-5-7-30)44-35(47)25-14-24(15-27(16-25)37(39,40)41)23-9-12-28(13-10-23)43-22(2)46/h21,23-34,42H,3-20H2,1-2H3,(H,43,46)(H,44,47). The van der Waals surface area contributed by atoms with Gasteiger partial charge in [0.25, 0.3) is 0 Å². The van der Waals surface area contributed by atoms with Gasteiger partial charge in [-0.3, -0.25) is 14.4 Å². The van der Waals surface area contributed by atoms with Crippen molar-refractivity contribution in [1.29, 1.82) is 0 Å². The molecule has 10 atom stereocenters. The Morgan fingerprint density at radius 3 is 2.21 bits per heavy atom. The molecule has 0 aromatic heterocycles. The van der Waals surface area contributed by atoms with Gasteiger partial charge in [-0.25, -0.2) is 0 Å². The molecule has 4 saturated carbocycles. The summed E-state index contributed by atoms with van der Waals surface area (Å²) >= 11 is 6.57. The molecule has 7 nitrogen and oxygen atoms in total. The van der Waals surface area contributed by atoms with Gasteiger partial charge < -0.3 is 20.9 Å². The molecular formula is C37H58ClF3N4O3. The van der Waals surface area contributed by atoms with E-state index in [1.165, 1.54) is 13.3 Å². The van der Waals surface area contributed by atoms with Gasteiger partial charge in [-0.2, -0.15) is 13.2 Å². The lowest BCUT2D eigenvalue weighted by Gasteiger charge is -2.54. The molecule has 6 rings (SSSR count). The number of hydrogen-bond acceptors (Lipinski definition) is 4. The maximum absolute atomic E-state index is 14.4. The fourth-order valence-electron chi connectivity index (χ4n) is 11.1. The molecule has 2 saturated heterocycles. The number of carbonyl (C=O) groups is 3. The van der Waals surface area contributed by atoms with Gasteiger partial charge in [-0.05, 0) is 119 Å². The number of rotatable bonds is 6. The maximum atomic E-state index is 14.4. The molecular weight excluding hydrogens is 641 g/mol. The molecule has 6 aliphatic rings. The molecule has 3 amide bonds. The average Bonchev–Trinajstić information content (AvgIpc) is 3.05. The normalized spacial score (nSPS) is 41.7. The van der Waals surface area contributed by atoms with Gasteiger partial charge in [0.15, 0.2) is 0 Å². The van der Waals surface area contributed by atoms with E-state index in [2.05, 4.69) is 27.8 Å². The minimum Gasteiger partial charge on any atom is -0.354 e. The zero-order valence-corrected chi connectivity index (χ0v) is 29.7. The van der Waals surface area contributed by atoms with E-state index in [9.17, 15) is 27.6 Å². The topological polar surface area (TPSA) is 90.5 Å². The zero-order valence-electron chi connectivity index (χ0n) is 28.9. The average molecular weight is 699 g/mol. The van der Waals surface area contributed by atoms with Crippen LogP contribution < -0.4 is 16.0 Å². The van der Waals surface area contributed by atoms with E-state index in [0.717, 1.165) is 83.6 Å². The van der Waals surface area contributed by atoms with Crippen molar-refractivity contribution >= 4 is 29.3 Å². The van der Waals surface area contributed by atoms with Gasteiger partial charge in [0.1, 0.15) is 0 Å². The highest BCUT2D eigenvalue weighted by molar-refractivity contribution is 6.20. The van der Waals surface area contributed by atoms with E-state index < -0.39 is 18.0 Å². The second kappa shape index (κ2) is 15.4. The summed E-state index contributed by atoms with van der Waals surface area (Å²) < 4.78 is 42.6. The molecule has 2 aliphatic heterocycles. The van der Waals surface area contributed by atoms with E-state index in [0.29, 0.717) is 24.7 Å². The highest BCUT2D eigenvalue weighted by Gasteiger charge is 2.51. The first kappa shape index (κ1) is 36.2. The van der Waals surface area contributed by atoms with E-state index >= 15 is 0 Å². The summed E-state index contributed by atoms with van der Waals surface area (Å²) in [6.07, 6.45) is 8.89. The highest BCUT2D eigenvalue weighted by atomic mass is 35.5. The smallest absolute Gasteiger partial charge is 0.354 e. The van der Waals surface area contributed by atoms with Gasteiger partial charge >= 0.3 is 6.18 Å². The summed E-state index contributed by atoms with van der Waals surface area (Å²) in [5.74, 6) is -1.41. The van der Waals surface area contributed by atoms with Gasteiger partial charge in [0.05, 0.1) is 11.4 Å². The monoisotopic (exact) mass is 698 g/mol. The van der Waals surface area contributed by atoms with Crippen molar-refractivity contribution in [3.05, 3.63) is 0 Å². The van der Waals surface area contributed by atoms with Gasteiger partial charge in [0, 0.05) is 49.5 Å². The number of piperidine rings is 2. The molecule has 4 aliphatic carbocycles. The first-order valence-electron chi connectivity index (χ1n) is 19.2. The summed E-state index contributed by atoms with van der Waals surface area (Å²) in [7, 11) is 0. The number of alkyl halides is 4. The lowest BCUT2D eigenvalue weighted by Crippen LogP contribution is -2.63. The van der Waals surface area contributed by atoms with Crippen LogP contribution in [0.5, 0.6) is 0 Å². The molecule has 0 aromatic carbocycles. The molecule has 272 valence electrons. The quantitative estimate of drug-likeness (QED) is 0.208. The zero-order chi connectivity index (χ0) is 34.2. The third-order valence-corrected chi connectivity index (χ3v) is 13.9. The molecule has 10 unspecified atom stereocenters. The number of nitrogens with one attached hydrogen (secondary N) is 3. The van der Waals surface area contributed by atoms with Gasteiger partial charge in [-0.15, -0.1) is 11.6 Å². The highest BCUT2D eigenvalue weighted by Crippen LogP contribution is 2.49. The van der Waals surface area contributed by atoms with Crippen LogP contribution in [0.2, 0.25) is 0 Å². The summed E-state index contributed by atoms with van der Waals surface area (Å²) in [6.45, 7) is 4.55. The molecule has 6 fully saturated rings. The molecule has 0 radical (unpaired) electrons. The van der Waals surface area contributed by atoms with Crippen LogP contribution in [0.1, 0.15) is 123 Å². The van der Waals surface area contributed by atoms with Crippen LogP contribution in [0.15, 0.2) is 0 Å². The Morgan fingerprint density at radius 2 is 1.52 bits per heavy atom. The summed E-state index contributed by atoms with van der Waals surface area (Å²) in [5, 5.41) is 9.66. The first-order chi connectivity index (χ1) is 22.9. The number of likely N-dealkylation sites (tertiary alicyclic amines) is 1. The van der Waals surface area contributed by atoms with E-state index in [1.807, 2.05) is 0 Å². The van der Waals surface area contributed by atoms with Crippen molar-refractivity contribution in [2.75, 3.05) is 6.54 Å². The molecule has 0 aromatic rings. The Bertz CT molecular complexity index is 1140. The van der Waals surface area contributed by atoms with Crippen LogP contribution in [0, 0.1) is 47.3 Å². The SMILES string of the molecule is CC(=O)NC1CCC(C2CC(C(=O)NC3CCC(C)C(C4CC5CNC(Cl)CC5N(C5CCCCC5)C4=O)C3)CC(C(F)(F)F)C2)CC1. The molecule has 2 heterocycles. The number of halogens is 4. The first-order valence-corrected chi connectivity index (χ1v) is 19.6. The van der Waals surface area contributed by atoms with Crippen molar-refractivity contribution in [3.63, 3.8) is 0 Å². The second-order valence-electron chi connectivity index (χ2n) is 16.7. The van der Waals surface area contributed by atoms with Crippen LogP contribution in [0.3, 0.4) is 0 Å². The minimum absolute atomic E-state index is 0.0709. The predicted octanol–water partition coefficient (Wildman–Crippen LogP) is 6.92. The molecule has 48 heavy (non-hydrogen) atoms. The Balaban J connectivity index is 1.11. The molecule has 0 bridgehead atoms. The van der Waals surface area contributed by atoms with Crippen LogP contribution in [-0.4, -0.2) is 65.0 Å². The van der Waals surface area contributed by atoms with Crippen molar-refractivity contribution in [3.8, 4) is 0 Å². The predicted molar refractivity (Wildman–Crippen MR) is 180 cm³/mol. The Hall–Kier alpha value is -1.55. The summed E-state index contributed by atoms with van der Waals surface area (Å²) in [5.41, 5.74) is -0.120. The molecule has 3 N–H and O–H groups in total. The fourth-order valence-corrected chi connectivity index (χ4v) is 11.3. The molecule has 11 heteroatoms. The van der Waals surface area contributed by atoms with Gasteiger partial charge in [-0.1, -0.05) is 26.2 Å². The third kappa shape index (κ3) is 8.32. The largest absolute Gasteiger partial charge is 0.391 e. The van der Waals surface area contributed by atoms with Crippen molar-refractivity contribution in [2.24, 2.45) is 47.3 Å². The van der Waals surface area contributed by atoms with Crippen LogP contribution in [-0.2, 0) is 14.4 Å². The molecule has 0 spiro atoms. The second-order valence-corrected chi connectivity index (χ2v) is 17.2. The lowest BCUT2D eigenvalue weighted by molar-refractivity contribution is -0.193. The van der Waals surface area contributed by atoms with Gasteiger partial charge in [0.2, 0.25) is 17.7 Å². The Kier molecular flexibility index (Phi) is 11.6. The summed E-state index contributed by atoms with van der Waals surface area (Å²) in [4.78, 5) is 42.0. The van der Waals surface area contributed by atoms with Crippen LogP contribution in [0.4, 0.5) is 13.2 Å². The lowest BCUT2D eigenvalue weighted by atomic mass is 9.65. The van der Waals surface area contributed by atoms with Crippen molar-refractivity contribution in [2.45, 2.75) is 159 Å². The third-order valence-electron chi connectivity index (χ3n) is 13.6. The fraction of sp³-hybridized carbons (Fsp3) is 0.919. The van der Waals surface area contributed by atoms with Crippen LogP contribution in [0.25, 0.3) is 0 Å². The number of nitrogens with zero attached hydrogens (tertiary/aromatic N) is 1. The Labute approximate surface area is 290 Å². The maximum Gasteiger partial charge on any atom is 0.391 e. The number of amides is 3. The van der Waals surface area contributed by atoms with Crippen molar-refractivity contribution in [1.82, 2.24) is 20.9 Å². The van der Waals surface area contributed by atoms with E-state index in [-0.39, 0.29) is 83.9 Å². The Morgan fingerprint density at radius 1 is 0.812 bits per heavy atom. The van der Waals surface area contributed by atoms with E-state index in [4.69, 9.17) is 11.6 Å². The van der Waals surface area contributed by atoms with E-state index in [1.54, 1.807) is 0 Å².